The molecule has 0 radical (unpaired) electrons. The van der Waals surface area contributed by atoms with Crippen molar-refractivity contribution in [2.45, 2.75) is 39.8 Å². The van der Waals surface area contributed by atoms with E-state index in [0.29, 0.717) is 16.2 Å². The number of hydrogen-bond donors (Lipinski definition) is 2. The molecule has 0 saturated heterocycles. The van der Waals surface area contributed by atoms with E-state index >= 15 is 0 Å². The zero-order chi connectivity index (χ0) is 25.6. The second-order valence-corrected chi connectivity index (χ2v) is 10.3. The van der Waals surface area contributed by atoms with Crippen molar-refractivity contribution >= 4 is 45.3 Å². The molecule has 0 aliphatic heterocycles. The number of carbonyl (C=O) groups excluding carboxylic acids is 1. The fourth-order valence-corrected chi connectivity index (χ4v) is 5.64. The number of aryl methyl sites for hydroxylation is 5. The molecule has 6 nitrogen and oxygen atoms in total. The molecule has 3 aromatic carbocycles. The molecule has 0 spiro atoms. The Kier molecular flexibility index (Phi) is 6.18. The Balaban J connectivity index is 1.57. The number of thioether (sulfide) groups is 1. The van der Waals surface area contributed by atoms with Gasteiger partial charge in [-0.3, -0.25) is 14.2 Å². The molecule has 0 unspecified atom stereocenters. The van der Waals surface area contributed by atoms with Crippen molar-refractivity contribution in [3.05, 3.63) is 92.8 Å². The van der Waals surface area contributed by atoms with E-state index in [4.69, 9.17) is 4.98 Å². The highest BCUT2D eigenvalue weighted by molar-refractivity contribution is 7.99. The Labute approximate surface area is 213 Å². The Morgan fingerprint density at radius 3 is 2.28 bits per heavy atom. The lowest BCUT2D eigenvalue weighted by molar-refractivity contribution is -0.113. The maximum Gasteiger partial charge on any atom is 0.283 e. The summed E-state index contributed by atoms with van der Waals surface area (Å²) in [6.07, 6.45) is 0. The first-order valence-corrected chi connectivity index (χ1v) is 12.8. The van der Waals surface area contributed by atoms with E-state index in [9.17, 15) is 9.59 Å². The number of carbonyl (C=O) groups is 1. The molecule has 2 aromatic heterocycles. The maximum absolute atomic E-state index is 13.8. The van der Waals surface area contributed by atoms with Crippen LogP contribution in [-0.4, -0.2) is 26.2 Å². The fraction of sp³-hybridized carbons (Fsp3) is 0.207. The smallest absolute Gasteiger partial charge is 0.283 e. The van der Waals surface area contributed by atoms with Gasteiger partial charge in [0, 0.05) is 16.6 Å². The molecule has 2 heterocycles. The zero-order valence-corrected chi connectivity index (χ0v) is 21.8. The summed E-state index contributed by atoms with van der Waals surface area (Å²) in [5.41, 5.74) is 8.61. The Bertz CT molecular complexity index is 1670. The normalized spacial score (nSPS) is 11.4. The predicted molar refractivity (Wildman–Crippen MR) is 149 cm³/mol. The average molecular weight is 497 g/mol. The summed E-state index contributed by atoms with van der Waals surface area (Å²) in [4.78, 5) is 34.9. The van der Waals surface area contributed by atoms with Gasteiger partial charge in [-0.25, -0.2) is 4.98 Å². The molecule has 182 valence electrons. The molecule has 0 atom stereocenters. The molecule has 0 bridgehead atoms. The third-order valence-electron chi connectivity index (χ3n) is 6.23. The molecule has 0 aliphatic carbocycles. The van der Waals surface area contributed by atoms with Gasteiger partial charge in [0.25, 0.3) is 5.56 Å². The number of hydrogen-bond acceptors (Lipinski definition) is 4. The first kappa shape index (κ1) is 23.9. The highest BCUT2D eigenvalue weighted by atomic mass is 32.2. The van der Waals surface area contributed by atoms with E-state index in [-0.39, 0.29) is 17.2 Å². The van der Waals surface area contributed by atoms with Crippen molar-refractivity contribution in [3.8, 4) is 5.69 Å². The number of aromatic amines is 1. The van der Waals surface area contributed by atoms with Crippen LogP contribution in [0.1, 0.15) is 27.8 Å². The van der Waals surface area contributed by atoms with Crippen LogP contribution >= 0.6 is 11.8 Å². The summed E-state index contributed by atoms with van der Waals surface area (Å²) >= 11 is 1.26. The van der Waals surface area contributed by atoms with Crippen molar-refractivity contribution in [3.63, 3.8) is 0 Å². The molecule has 5 aromatic rings. The van der Waals surface area contributed by atoms with E-state index in [1.807, 2.05) is 71.0 Å². The standard InChI is InChI=1S/C29H28N4O2S/c1-16-10-17(2)14-21(13-16)33-28(35)27-26(22-8-6-7-9-23(22)30-27)32-29(33)36-15-24(34)31-25-19(4)11-18(3)12-20(25)5/h6-14,30H,15H2,1-5H3,(H,31,34). The topological polar surface area (TPSA) is 79.8 Å². The number of nitrogens with zero attached hydrogens (tertiary/aromatic N) is 2. The second-order valence-electron chi connectivity index (χ2n) is 9.39. The summed E-state index contributed by atoms with van der Waals surface area (Å²) in [5, 5.41) is 4.41. The molecule has 5 rings (SSSR count). The van der Waals surface area contributed by atoms with Crippen LogP contribution in [0.3, 0.4) is 0 Å². The van der Waals surface area contributed by atoms with Crippen LogP contribution in [0.4, 0.5) is 5.69 Å². The molecule has 2 N–H and O–H groups in total. The van der Waals surface area contributed by atoms with Crippen LogP contribution in [0.15, 0.2) is 64.5 Å². The van der Waals surface area contributed by atoms with Gasteiger partial charge in [-0.2, -0.15) is 0 Å². The number of benzene rings is 3. The van der Waals surface area contributed by atoms with Crippen molar-refractivity contribution in [1.29, 1.82) is 0 Å². The van der Waals surface area contributed by atoms with E-state index in [2.05, 4.69) is 28.5 Å². The maximum atomic E-state index is 13.8. The van der Waals surface area contributed by atoms with E-state index < -0.39 is 0 Å². The van der Waals surface area contributed by atoms with E-state index in [1.54, 1.807) is 4.57 Å². The van der Waals surface area contributed by atoms with Gasteiger partial charge in [0.15, 0.2) is 5.16 Å². The summed E-state index contributed by atoms with van der Waals surface area (Å²) in [6.45, 7) is 10.0. The van der Waals surface area contributed by atoms with Gasteiger partial charge in [-0.1, -0.05) is 53.7 Å². The monoisotopic (exact) mass is 496 g/mol. The molecule has 1 amide bonds. The Morgan fingerprint density at radius 2 is 1.58 bits per heavy atom. The van der Waals surface area contributed by atoms with Crippen LogP contribution in [-0.2, 0) is 4.79 Å². The van der Waals surface area contributed by atoms with Crippen molar-refractivity contribution < 1.29 is 4.79 Å². The number of rotatable bonds is 5. The molecular formula is C29H28N4O2S. The molecule has 0 fully saturated rings. The van der Waals surface area contributed by atoms with Crippen LogP contribution < -0.4 is 10.9 Å². The van der Waals surface area contributed by atoms with Crippen LogP contribution in [0, 0.1) is 34.6 Å². The highest BCUT2D eigenvalue weighted by Gasteiger charge is 2.19. The molecule has 36 heavy (non-hydrogen) atoms. The third-order valence-corrected chi connectivity index (χ3v) is 7.17. The SMILES string of the molecule is Cc1cc(C)cc(-n2c(SCC(=O)Nc3c(C)cc(C)cc3C)nc3c([nH]c4ccccc43)c2=O)c1. The number of aromatic nitrogens is 3. The van der Waals surface area contributed by atoms with Crippen LogP contribution in [0.2, 0.25) is 0 Å². The molecule has 0 aliphatic rings. The van der Waals surface area contributed by atoms with Gasteiger partial charge in [-0.15, -0.1) is 0 Å². The number of amides is 1. The number of nitrogens with one attached hydrogen (secondary N) is 2. The summed E-state index contributed by atoms with van der Waals surface area (Å²) < 4.78 is 1.61. The number of anilines is 1. The predicted octanol–water partition coefficient (Wildman–Crippen LogP) is 6.14. The van der Waals surface area contributed by atoms with Crippen molar-refractivity contribution in [2.75, 3.05) is 11.1 Å². The van der Waals surface area contributed by atoms with E-state index in [0.717, 1.165) is 50.1 Å². The first-order valence-electron chi connectivity index (χ1n) is 11.8. The van der Waals surface area contributed by atoms with E-state index in [1.165, 1.54) is 11.8 Å². The fourth-order valence-electron chi connectivity index (χ4n) is 4.83. The molecular weight excluding hydrogens is 468 g/mol. The lowest BCUT2D eigenvalue weighted by atomic mass is 10.1. The largest absolute Gasteiger partial charge is 0.349 e. The van der Waals surface area contributed by atoms with Gasteiger partial charge in [0.1, 0.15) is 11.0 Å². The van der Waals surface area contributed by atoms with Gasteiger partial charge < -0.3 is 10.3 Å². The van der Waals surface area contributed by atoms with Crippen LogP contribution in [0.5, 0.6) is 0 Å². The van der Waals surface area contributed by atoms with Gasteiger partial charge in [0.2, 0.25) is 5.91 Å². The minimum Gasteiger partial charge on any atom is -0.349 e. The van der Waals surface area contributed by atoms with Crippen molar-refractivity contribution in [1.82, 2.24) is 14.5 Å². The van der Waals surface area contributed by atoms with Gasteiger partial charge in [0.05, 0.1) is 11.4 Å². The Hall–Kier alpha value is -3.84. The Morgan fingerprint density at radius 1 is 0.944 bits per heavy atom. The first-order chi connectivity index (χ1) is 17.2. The minimum atomic E-state index is -0.186. The summed E-state index contributed by atoms with van der Waals surface area (Å²) in [6, 6.07) is 17.8. The van der Waals surface area contributed by atoms with Crippen LogP contribution in [0.25, 0.3) is 27.6 Å². The highest BCUT2D eigenvalue weighted by Crippen LogP contribution is 2.28. The number of fused-ring (bicyclic) bond motifs is 3. The average Bonchev–Trinajstić information content (AvgIpc) is 3.18. The molecule has 7 heteroatoms. The van der Waals surface area contributed by atoms with Gasteiger partial charge in [-0.05, 0) is 75.1 Å². The minimum absolute atomic E-state index is 0.123. The third kappa shape index (κ3) is 4.42. The molecule has 0 saturated carbocycles. The quantitative estimate of drug-likeness (QED) is 0.226. The van der Waals surface area contributed by atoms with Crippen molar-refractivity contribution in [2.24, 2.45) is 0 Å². The summed E-state index contributed by atoms with van der Waals surface area (Å²) in [5.74, 6) is -0.0204. The lowest BCUT2D eigenvalue weighted by Gasteiger charge is -2.15. The number of H-pyrrole nitrogens is 1. The zero-order valence-electron chi connectivity index (χ0n) is 21.0. The summed E-state index contributed by atoms with van der Waals surface area (Å²) in [7, 11) is 0. The number of para-hydroxylation sites is 1. The van der Waals surface area contributed by atoms with Gasteiger partial charge >= 0.3 is 0 Å². The lowest BCUT2D eigenvalue weighted by Crippen LogP contribution is -2.23. The second kappa shape index (κ2) is 9.32.